The molecule has 13 heteroatoms. The third-order valence-corrected chi connectivity index (χ3v) is 11.0. The second-order valence-corrected chi connectivity index (χ2v) is 16.0. The molecule has 0 bridgehead atoms. The van der Waals surface area contributed by atoms with Crippen LogP contribution in [0, 0.1) is 13.8 Å². The van der Waals surface area contributed by atoms with Gasteiger partial charge in [0.25, 0.3) is 15.1 Å². The minimum Gasteiger partial charge on any atom is -0.748 e. The summed E-state index contributed by atoms with van der Waals surface area (Å²) in [6, 6.07) is 20.4. The minimum atomic E-state index is -4.27. The van der Waals surface area contributed by atoms with Crippen LogP contribution in [-0.4, -0.2) is 44.0 Å². The van der Waals surface area contributed by atoms with E-state index in [0.717, 1.165) is 43.2 Å². The van der Waals surface area contributed by atoms with Crippen molar-refractivity contribution in [3.63, 3.8) is 0 Å². The summed E-state index contributed by atoms with van der Waals surface area (Å²) in [4.78, 5) is 2.06. The number of benzene rings is 3. The predicted octanol–water partition coefficient (Wildman–Crippen LogP) is 4.00. The van der Waals surface area contributed by atoms with E-state index in [-0.39, 0.29) is 62.9 Å². The SMILES string of the molecule is CCC(/C=C1\Oc2ccc(-c3ccccc3)cc2N1CCCCS(=O)(=O)O)=C\c1sc2cc(C)c(C)cc2[n+]1CCCCS(=O)(=O)[O-].[K+]. The van der Waals surface area contributed by atoms with Gasteiger partial charge in [-0.2, -0.15) is 13.0 Å². The van der Waals surface area contributed by atoms with Gasteiger partial charge in [-0.25, -0.2) is 8.42 Å². The van der Waals surface area contributed by atoms with Crippen LogP contribution < -0.4 is 65.6 Å². The van der Waals surface area contributed by atoms with E-state index in [0.29, 0.717) is 56.8 Å². The summed E-state index contributed by atoms with van der Waals surface area (Å²) in [5, 5.41) is 1.00. The molecule has 9 nitrogen and oxygen atoms in total. The van der Waals surface area contributed by atoms with Crippen LogP contribution in [0.3, 0.4) is 0 Å². The molecule has 0 aliphatic carbocycles. The Balaban J connectivity index is 0.00000520. The van der Waals surface area contributed by atoms with Crippen LogP contribution in [0.2, 0.25) is 0 Å². The minimum absolute atomic E-state index is 0. The molecule has 0 saturated carbocycles. The van der Waals surface area contributed by atoms with Crippen LogP contribution in [0.25, 0.3) is 27.4 Å². The summed E-state index contributed by atoms with van der Waals surface area (Å²) >= 11 is 1.66. The Morgan fingerprint density at radius 3 is 2.33 bits per heavy atom. The van der Waals surface area contributed by atoms with Gasteiger partial charge in [0.1, 0.15) is 4.70 Å². The molecule has 0 saturated heterocycles. The Bertz CT molecular complexity index is 2040. The molecule has 0 fully saturated rings. The zero-order valence-electron chi connectivity index (χ0n) is 27.8. The van der Waals surface area contributed by atoms with Crippen LogP contribution in [0.15, 0.2) is 78.2 Å². The third kappa shape index (κ3) is 10.3. The number of thiazole rings is 1. The molecule has 0 atom stereocenters. The van der Waals surface area contributed by atoms with E-state index in [4.69, 9.17) is 4.74 Å². The van der Waals surface area contributed by atoms with Crippen LogP contribution >= 0.6 is 11.3 Å². The Kier molecular flexibility index (Phi) is 13.7. The number of hydrogen-bond donors (Lipinski definition) is 1. The van der Waals surface area contributed by atoms with Crippen molar-refractivity contribution in [1.29, 1.82) is 0 Å². The van der Waals surface area contributed by atoms with Crippen molar-refractivity contribution in [3.8, 4) is 16.9 Å². The molecule has 250 valence electrons. The topological polar surface area (TPSA) is 128 Å². The Hall–Kier alpha value is -1.91. The van der Waals surface area contributed by atoms with Crippen LogP contribution in [-0.2, 0) is 26.8 Å². The molecule has 2 heterocycles. The molecule has 0 amide bonds. The van der Waals surface area contributed by atoms with Crippen molar-refractivity contribution in [1.82, 2.24) is 0 Å². The second kappa shape index (κ2) is 16.9. The molecule has 48 heavy (non-hydrogen) atoms. The van der Waals surface area contributed by atoms with E-state index in [1.54, 1.807) is 11.3 Å². The zero-order chi connectivity index (χ0) is 33.8. The number of fused-ring (bicyclic) bond motifs is 2. The van der Waals surface area contributed by atoms with Crippen molar-refractivity contribution in [2.45, 2.75) is 59.4 Å². The van der Waals surface area contributed by atoms with Gasteiger partial charge in [0.15, 0.2) is 12.3 Å². The smallest absolute Gasteiger partial charge is 0.748 e. The first-order valence-electron chi connectivity index (χ1n) is 15.7. The van der Waals surface area contributed by atoms with Crippen molar-refractivity contribution in [3.05, 3.63) is 94.3 Å². The number of unbranched alkanes of at least 4 members (excludes halogenated alkanes) is 2. The Labute approximate surface area is 330 Å². The number of nitrogens with zero attached hydrogens (tertiary/aromatic N) is 2. The van der Waals surface area contributed by atoms with Crippen molar-refractivity contribution < 1.29 is 86.6 Å². The van der Waals surface area contributed by atoms with E-state index < -0.39 is 20.2 Å². The number of aromatic nitrogens is 1. The van der Waals surface area contributed by atoms with E-state index in [1.807, 2.05) is 48.5 Å². The summed E-state index contributed by atoms with van der Waals surface area (Å²) in [7, 11) is -8.32. The maximum Gasteiger partial charge on any atom is 1.00 e. The summed E-state index contributed by atoms with van der Waals surface area (Å²) in [6.45, 7) is 7.29. The van der Waals surface area contributed by atoms with Crippen molar-refractivity contribution in [2.24, 2.45) is 0 Å². The molecular weight excluding hydrogens is 696 g/mol. The van der Waals surface area contributed by atoms with Crippen molar-refractivity contribution in [2.75, 3.05) is 23.0 Å². The van der Waals surface area contributed by atoms with E-state index in [1.165, 1.54) is 5.56 Å². The largest absolute Gasteiger partial charge is 1.00 e. The van der Waals surface area contributed by atoms with Gasteiger partial charge in [0.05, 0.1) is 21.6 Å². The quantitative estimate of drug-likeness (QED) is 0.0892. The molecule has 1 aliphatic rings. The fourth-order valence-corrected chi connectivity index (χ4v) is 7.98. The monoisotopic (exact) mass is 735 g/mol. The summed E-state index contributed by atoms with van der Waals surface area (Å²) in [5.41, 5.74) is 7.41. The van der Waals surface area contributed by atoms with Gasteiger partial charge < -0.3 is 14.2 Å². The van der Waals surface area contributed by atoms with Gasteiger partial charge in [0, 0.05) is 36.9 Å². The second-order valence-electron chi connectivity index (χ2n) is 11.8. The van der Waals surface area contributed by atoms with Gasteiger partial charge in [-0.3, -0.25) is 4.55 Å². The first kappa shape index (κ1) is 38.9. The number of allylic oxidation sites excluding steroid dienone is 2. The summed E-state index contributed by atoms with van der Waals surface area (Å²) in [6.07, 6.45) is 6.52. The molecule has 5 rings (SSSR count). The fraction of sp³-hybridized carbons (Fsp3) is 0.343. The van der Waals surface area contributed by atoms with Gasteiger partial charge >= 0.3 is 51.4 Å². The summed E-state index contributed by atoms with van der Waals surface area (Å²) < 4.78 is 75.3. The number of ether oxygens (including phenoxy) is 1. The molecule has 0 radical (unpaired) electrons. The first-order chi connectivity index (χ1) is 22.3. The van der Waals surface area contributed by atoms with E-state index >= 15 is 0 Å². The first-order valence-corrected chi connectivity index (χ1v) is 19.7. The molecular formula is C35H40KN2O7S3+. The number of hydrogen-bond acceptors (Lipinski definition) is 8. The molecule has 1 aliphatic heterocycles. The fourth-order valence-electron chi connectivity index (χ4n) is 5.61. The number of aryl methyl sites for hydroxylation is 3. The van der Waals surface area contributed by atoms with Gasteiger partial charge in [-0.05, 0) is 85.6 Å². The maximum atomic E-state index is 11.4. The van der Waals surface area contributed by atoms with Gasteiger partial charge in [-0.15, -0.1) is 0 Å². The third-order valence-electron chi connectivity index (χ3n) is 8.27. The molecule has 1 aromatic heterocycles. The van der Waals surface area contributed by atoms with Gasteiger partial charge in [0.2, 0.25) is 11.4 Å². The van der Waals surface area contributed by atoms with E-state index in [2.05, 4.69) is 54.5 Å². The van der Waals surface area contributed by atoms with E-state index in [9.17, 15) is 25.9 Å². The Morgan fingerprint density at radius 2 is 1.65 bits per heavy atom. The molecule has 1 N–H and O–H groups in total. The average molecular weight is 736 g/mol. The number of anilines is 1. The number of rotatable bonds is 14. The van der Waals surface area contributed by atoms with Crippen LogP contribution in [0.5, 0.6) is 5.75 Å². The standard InChI is InChI=1S/C35H40N2O7S3.K/c1-4-27(23-35-37(17-9-11-19-47(41,42)43)31-20-25(2)26(3)21-33(31)45-35)22-34-36(16-8-10-18-46(38,39)40)30-24-29(14-15-32(30)44-34)28-12-6-5-7-13-28;/h5-7,12-15,20-24H,4,8-11,16-19H2,1-3H3,(H-,38,39,40,41,42,43);/q;+1. The molecule has 3 aromatic carbocycles. The average Bonchev–Trinajstić information content (AvgIpc) is 3.52. The summed E-state index contributed by atoms with van der Waals surface area (Å²) in [5.74, 6) is 0.654. The molecule has 0 unspecified atom stereocenters. The van der Waals surface area contributed by atoms with Gasteiger partial charge in [-0.1, -0.05) is 54.7 Å². The Morgan fingerprint density at radius 1 is 0.938 bits per heavy atom. The van der Waals surface area contributed by atoms with Crippen LogP contribution in [0.4, 0.5) is 5.69 Å². The maximum absolute atomic E-state index is 11.4. The predicted molar refractivity (Wildman–Crippen MR) is 187 cm³/mol. The normalized spacial score (nSPS) is 14.3. The van der Waals surface area contributed by atoms with Crippen LogP contribution in [0.1, 0.15) is 55.2 Å². The van der Waals surface area contributed by atoms with Crippen molar-refractivity contribution >= 4 is 53.6 Å². The molecule has 0 spiro atoms. The molecule has 4 aromatic rings. The zero-order valence-corrected chi connectivity index (χ0v) is 33.4.